The number of hydrogen-bond acceptors (Lipinski definition) is 5. The van der Waals surface area contributed by atoms with Crippen molar-refractivity contribution >= 4 is 22.8 Å². The fraction of sp³-hybridized carbons (Fsp3) is 0.0455. The molecule has 5 rings (SSSR count). The van der Waals surface area contributed by atoms with Gasteiger partial charge in [0.1, 0.15) is 23.8 Å². The molecule has 10 heteroatoms. The average Bonchev–Trinajstić information content (AvgIpc) is 3.38. The average molecular weight is 431 g/mol. The van der Waals surface area contributed by atoms with Crippen molar-refractivity contribution in [3.63, 3.8) is 0 Å². The maximum Gasteiger partial charge on any atom is 0.256 e. The zero-order chi connectivity index (χ0) is 22.2. The number of amides is 1. The molecule has 32 heavy (non-hydrogen) atoms. The first kappa shape index (κ1) is 19.5. The van der Waals surface area contributed by atoms with E-state index in [1.165, 1.54) is 47.4 Å². The Hall–Kier alpha value is -4.47. The van der Waals surface area contributed by atoms with Crippen molar-refractivity contribution < 1.29 is 13.6 Å². The fourth-order valence-electron chi connectivity index (χ4n) is 3.31. The molecule has 1 N–H and O–H groups in total. The highest BCUT2D eigenvalue weighted by Gasteiger charge is 2.18. The van der Waals surface area contributed by atoms with Gasteiger partial charge in [0.2, 0.25) is 0 Å². The number of carbonyl (C=O) groups excluding carboxylic acids is 1. The summed E-state index contributed by atoms with van der Waals surface area (Å²) < 4.78 is 29.5. The minimum absolute atomic E-state index is 0.300. The number of carbonyl (C=O) groups is 1. The molecule has 0 saturated carbocycles. The van der Waals surface area contributed by atoms with Gasteiger partial charge in [0.15, 0.2) is 11.5 Å². The van der Waals surface area contributed by atoms with E-state index in [2.05, 4.69) is 25.5 Å². The lowest BCUT2D eigenvalue weighted by Crippen LogP contribution is -2.15. The van der Waals surface area contributed by atoms with E-state index in [1.807, 2.05) is 0 Å². The Morgan fingerprint density at radius 2 is 1.62 bits per heavy atom. The van der Waals surface area contributed by atoms with Crippen LogP contribution in [0.4, 0.5) is 14.6 Å². The molecule has 8 nitrogen and oxygen atoms in total. The molecular formula is C22H15F2N7O. The molecule has 0 saturated heterocycles. The summed E-state index contributed by atoms with van der Waals surface area (Å²) in [5.41, 5.74) is 2.07. The van der Waals surface area contributed by atoms with Gasteiger partial charge in [-0.1, -0.05) is 0 Å². The minimum Gasteiger partial charge on any atom is -0.306 e. The molecule has 0 aliphatic carbocycles. The van der Waals surface area contributed by atoms with E-state index in [4.69, 9.17) is 0 Å². The second kappa shape index (κ2) is 7.65. The molecule has 158 valence electrons. The van der Waals surface area contributed by atoms with E-state index in [0.717, 1.165) is 0 Å². The summed E-state index contributed by atoms with van der Waals surface area (Å²) in [6, 6.07) is 12.8. The molecule has 1 amide bonds. The van der Waals surface area contributed by atoms with Gasteiger partial charge in [0.05, 0.1) is 23.0 Å². The van der Waals surface area contributed by atoms with Gasteiger partial charge in [-0.15, -0.1) is 0 Å². The summed E-state index contributed by atoms with van der Waals surface area (Å²) in [6.07, 6.45) is 2.94. The van der Waals surface area contributed by atoms with Crippen molar-refractivity contribution in [2.45, 2.75) is 6.92 Å². The number of nitrogens with zero attached hydrogens (tertiary/aromatic N) is 6. The Morgan fingerprint density at radius 1 is 0.938 bits per heavy atom. The monoisotopic (exact) mass is 431 g/mol. The molecule has 0 atom stereocenters. The number of hydrogen-bond donors (Lipinski definition) is 1. The third-order valence-corrected chi connectivity index (χ3v) is 4.80. The van der Waals surface area contributed by atoms with Gasteiger partial charge >= 0.3 is 0 Å². The number of rotatable bonds is 4. The Bertz CT molecular complexity index is 1440. The van der Waals surface area contributed by atoms with Crippen LogP contribution in [0.5, 0.6) is 0 Å². The number of aryl methyl sites for hydroxylation is 1. The predicted molar refractivity (Wildman–Crippen MR) is 113 cm³/mol. The van der Waals surface area contributed by atoms with E-state index in [0.29, 0.717) is 39.6 Å². The van der Waals surface area contributed by atoms with Gasteiger partial charge in [-0.2, -0.15) is 14.9 Å². The summed E-state index contributed by atoms with van der Waals surface area (Å²) in [6.45, 7) is 1.78. The lowest BCUT2D eigenvalue weighted by atomic mass is 10.2. The first-order chi connectivity index (χ1) is 15.5. The summed E-state index contributed by atoms with van der Waals surface area (Å²) in [7, 11) is 0. The normalized spacial score (nSPS) is 11.1. The van der Waals surface area contributed by atoms with Crippen LogP contribution >= 0.6 is 0 Å². The summed E-state index contributed by atoms with van der Waals surface area (Å²) in [4.78, 5) is 21.3. The lowest BCUT2D eigenvalue weighted by Gasteiger charge is -2.09. The van der Waals surface area contributed by atoms with Crippen molar-refractivity contribution in [1.29, 1.82) is 0 Å². The Labute approximate surface area is 180 Å². The molecule has 0 radical (unpaired) electrons. The third-order valence-electron chi connectivity index (χ3n) is 4.80. The molecule has 0 fully saturated rings. The molecule has 0 unspecified atom stereocenters. The third kappa shape index (κ3) is 3.47. The number of halogens is 2. The van der Waals surface area contributed by atoms with Gasteiger partial charge in [-0.3, -0.25) is 4.79 Å². The van der Waals surface area contributed by atoms with Crippen molar-refractivity contribution in [1.82, 2.24) is 29.5 Å². The van der Waals surface area contributed by atoms with Crippen LogP contribution in [-0.4, -0.2) is 35.4 Å². The highest BCUT2D eigenvalue weighted by molar-refractivity contribution is 6.04. The number of aromatic nitrogens is 6. The lowest BCUT2D eigenvalue weighted by molar-refractivity contribution is 0.102. The maximum absolute atomic E-state index is 13.3. The highest BCUT2D eigenvalue weighted by atomic mass is 19.1. The van der Waals surface area contributed by atoms with Gasteiger partial charge in [0, 0.05) is 11.6 Å². The Balaban J connectivity index is 1.55. The van der Waals surface area contributed by atoms with Crippen LogP contribution in [-0.2, 0) is 0 Å². The summed E-state index contributed by atoms with van der Waals surface area (Å²) in [5.74, 6) is -0.409. The van der Waals surface area contributed by atoms with Crippen LogP contribution in [0.25, 0.3) is 22.5 Å². The van der Waals surface area contributed by atoms with Gasteiger partial charge in [0.25, 0.3) is 5.91 Å². The molecule has 3 aromatic heterocycles. The largest absolute Gasteiger partial charge is 0.306 e. The topological polar surface area (TPSA) is 90.5 Å². The number of benzene rings is 2. The Kier molecular flexibility index (Phi) is 4.66. The van der Waals surface area contributed by atoms with E-state index >= 15 is 0 Å². The number of nitrogens with one attached hydrogen (secondary N) is 1. The molecule has 2 aromatic carbocycles. The molecule has 5 aromatic rings. The van der Waals surface area contributed by atoms with Crippen molar-refractivity contribution in [3.05, 3.63) is 90.0 Å². The second-order valence-corrected chi connectivity index (χ2v) is 7.01. The molecule has 3 heterocycles. The zero-order valence-electron chi connectivity index (χ0n) is 16.7. The molecule has 0 bridgehead atoms. The van der Waals surface area contributed by atoms with Crippen molar-refractivity contribution in [3.8, 4) is 11.5 Å². The smallest absolute Gasteiger partial charge is 0.256 e. The predicted octanol–water partition coefficient (Wildman–Crippen LogP) is 3.84. The van der Waals surface area contributed by atoms with E-state index in [9.17, 15) is 13.6 Å². The zero-order valence-corrected chi connectivity index (χ0v) is 16.7. The van der Waals surface area contributed by atoms with Crippen LogP contribution in [0, 0.1) is 18.6 Å². The summed E-state index contributed by atoms with van der Waals surface area (Å²) in [5, 5.41) is 12.2. The van der Waals surface area contributed by atoms with E-state index < -0.39 is 11.7 Å². The molecule has 0 aliphatic rings. The fourth-order valence-corrected chi connectivity index (χ4v) is 3.31. The summed E-state index contributed by atoms with van der Waals surface area (Å²) >= 11 is 0. The highest BCUT2D eigenvalue weighted by Crippen LogP contribution is 2.24. The van der Waals surface area contributed by atoms with Gasteiger partial charge < -0.3 is 5.32 Å². The minimum atomic E-state index is -0.427. The van der Waals surface area contributed by atoms with Crippen LogP contribution in [0.15, 0.2) is 67.1 Å². The van der Waals surface area contributed by atoms with Gasteiger partial charge in [-0.25, -0.2) is 23.4 Å². The quantitative estimate of drug-likeness (QED) is 0.467. The molecule has 0 aliphatic heterocycles. The standard InChI is InChI=1S/C22H15F2N7O/c1-13-10-19(28-22(32)14-2-4-15(23)5-3-14)31(29-13)21-18-11-27-30(20(18)25-12-26-21)17-8-6-16(24)7-9-17/h2-12H,1H3,(H,28,32). The van der Waals surface area contributed by atoms with Crippen LogP contribution in [0.2, 0.25) is 0 Å². The molecular weight excluding hydrogens is 416 g/mol. The number of anilines is 1. The van der Waals surface area contributed by atoms with Crippen molar-refractivity contribution in [2.75, 3.05) is 5.32 Å². The van der Waals surface area contributed by atoms with E-state index in [-0.39, 0.29) is 5.82 Å². The first-order valence-electron chi connectivity index (χ1n) is 9.58. The molecule has 0 spiro atoms. The maximum atomic E-state index is 13.3. The van der Waals surface area contributed by atoms with Crippen molar-refractivity contribution in [2.24, 2.45) is 0 Å². The Morgan fingerprint density at radius 3 is 2.34 bits per heavy atom. The van der Waals surface area contributed by atoms with Gasteiger partial charge in [-0.05, 0) is 55.5 Å². The van der Waals surface area contributed by atoms with Crippen LogP contribution in [0.1, 0.15) is 16.1 Å². The van der Waals surface area contributed by atoms with E-state index in [1.54, 1.807) is 36.0 Å². The second-order valence-electron chi connectivity index (χ2n) is 7.01. The van der Waals surface area contributed by atoms with Crippen LogP contribution < -0.4 is 5.32 Å². The van der Waals surface area contributed by atoms with Crippen LogP contribution in [0.3, 0.4) is 0 Å². The first-order valence-corrected chi connectivity index (χ1v) is 9.58. The number of fused-ring (bicyclic) bond motifs is 1. The SMILES string of the molecule is Cc1cc(NC(=O)c2ccc(F)cc2)n(-c2ncnc3c2cnn3-c2ccc(F)cc2)n1.